The second-order valence-corrected chi connectivity index (χ2v) is 7.89. The number of rotatable bonds is 3. The van der Waals surface area contributed by atoms with Crippen LogP contribution >= 0.6 is 27.3 Å². The number of thiophene rings is 1. The summed E-state index contributed by atoms with van der Waals surface area (Å²) in [6, 6.07) is 4.76. The molecule has 112 valence electrons. The Morgan fingerprint density at radius 3 is 2.52 bits per heavy atom. The van der Waals surface area contributed by atoms with Gasteiger partial charge in [-0.05, 0) is 27.4 Å². The van der Waals surface area contributed by atoms with Crippen molar-refractivity contribution in [1.29, 1.82) is 0 Å². The van der Waals surface area contributed by atoms with Gasteiger partial charge in [0.15, 0.2) is 15.7 Å². The highest BCUT2D eigenvalue weighted by Crippen LogP contribution is 2.38. The topological polar surface area (TPSA) is 90.7 Å². The van der Waals surface area contributed by atoms with Crippen LogP contribution in [0.1, 0.15) is 0 Å². The van der Waals surface area contributed by atoms with Gasteiger partial charge >= 0.3 is 0 Å². The molecule has 1 aliphatic rings. The summed E-state index contributed by atoms with van der Waals surface area (Å²) in [6.07, 6.45) is 0. The standard InChI is InChI=1S/C12H11BrN2O4S2/c13-7-1-4-20-12(7)21(16,17)15-9-6-11-10(5-8(9)14)18-2-3-19-11/h1,4-6,15H,2-3,14H2. The minimum atomic E-state index is -3.70. The van der Waals surface area contributed by atoms with Gasteiger partial charge in [-0.3, -0.25) is 4.72 Å². The highest BCUT2D eigenvalue weighted by atomic mass is 79.9. The molecule has 0 atom stereocenters. The maximum atomic E-state index is 12.3. The summed E-state index contributed by atoms with van der Waals surface area (Å²) in [4.78, 5) is 0. The smallest absolute Gasteiger partial charge is 0.272 e. The molecule has 2 aromatic rings. The summed E-state index contributed by atoms with van der Waals surface area (Å²) in [5, 5.41) is 1.69. The van der Waals surface area contributed by atoms with Gasteiger partial charge in [-0.15, -0.1) is 11.3 Å². The molecule has 3 rings (SSSR count). The number of sulfonamides is 1. The quantitative estimate of drug-likeness (QED) is 0.786. The lowest BCUT2D eigenvalue weighted by Gasteiger charge is -2.20. The summed E-state index contributed by atoms with van der Waals surface area (Å²) in [5.41, 5.74) is 6.41. The lowest BCUT2D eigenvalue weighted by atomic mass is 10.2. The molecule has 0 aliphatic carbocycles. The van der Waals surface area contributed by atoms with Crippen LogP contribution in [0.4, 0.5) is 11.4 Å². The minimum Gasteiger partial charge on any atom is -0.486 e. The fourth-order valence-electron chi connectivity index (χ4n) is 1.86. The van der Waals surface area contributed by atoms with E-state index in [-0.39, 0.29) is 15.6 Å². The van der Waals surface area contributed by atoms with Crippen molar-refractivity contribution in [1.82, 2.24) is 0 Å². The normalized spacial score (nSPS) is 14.0. The monoisotopic (exact) mass is 390 g/mol. The molecule has 0 radical (unpaired) electrons. The molecule has 9 heteroatoms. The van der Waals surface area contributed by atoms with Gasteiger partial charge in [-0.2, -0.15) is 0 Å². The first kappa shape index (κ1) is 14.5. The molecular formula is C12H11BrN2O4S2. The van der Waals surface area contributed by atoms with E-state index in [2.05, 4.69) is 20.7 Å². The van der Waals surface area contributed by atoms with Gasteiger partial charge in [-0.1, -0.05) is 0 Å². The van der Waals surface area contributed by atoms with E-state index >= 15 is 0 Å². The van der Waals surface area contributed by atoms with Crippen LogP contribution in [0.2, 0.25) is 0 Å². The van der Waals surface area contributed by atoms with Crippen LogP contribution in [0.5, 0.6) is 11.5 Å². The molecule has 1 aliphatic heterocycles. The van der Waals surface area contributed by atoms with E-state index in [1.807, 2.05) is 0 Å². The number of hydrogen-bond acceptors (Lipinski definition) is 6. The summed E-state index contributed by atoms with van der Waals surface area (Å²) < 4.78 is 38.7. The molecule has 0 bridgehead atoms. The number of nitrogens with two attached hydrogens (primary N) is 1. The predicted molar refractivity (Wildman–Crippen MR) is 84.7 cm³/mol. The van der Waals surface area contributed by atoms with Gasteiger partial charge < -0.3 is 15.2 Å². The lowest BCUT2D eigenvalue weighted by Crippen LogP contribution is -2.17. The first-order valence-corrected chi connectivity index (χ1v) is 9.08. The highest BCUT2D eigenvalue weighted by Gasteiger charge is 2.22. The van der Waals surface area contributed by atoms with Crippen molar-refractivity contribution >= 4 is 48.7 Å². The number of nitrogen functional groups attached to an aromatic ring is 1. The Kier molecular flexibility index (Phi) is 3.72. The van der Waals surface area contributed by atoms with E-state index in [9.17, 15) is 8.42 Å². The summed E-state index contributed by atoms with van der Waals surface area (Å²) in [6.45, 7) is 0.860. The van der Waals surface area contributed by atoms with Crippen molar-refractivity contribution in [3.05, 3.63) is 28.1 Å². The maximum Gasteiger partial charge on any atom is 0.272 e. The third-order valence-electron chi connectivity index (χ3n) is 2.79. The Hall–Kier alpha value is -1.45. The SMILES string of the molecule is Nc1cc2c(cc1NS(=O)(=O)c1sccc1Br)OCCO2. The van der Waals surface area contributed by atoms with Crippen molar-refractivity contribution in [3.63, 3.8) is 0 Å². The summed E-state index contributed by atoms with van der Waals surface area (Å²) in [7, 11) is -3.70. The summed E-state index contributed by atoms with van der Waals surface area (Å²) >= 11 is 4.33. The third-order valence-corrected chi connectivity index (χ3v) is 6.82. The van der Waals surface area contributed by atoms with E-state index in [0.29, 0.717) is 29.2 Å². The molecule has 0 spiro atoms. The lowest BCUT2D eigenvalue weighted by molar-refractivity contribution is 0.172. The zero-order chi connectivity index (χ0) is 15.0. The Balaban J connectivity index is 1.97. The molecule has 1 aromatic heterocycles. The van der Waals surface area contributed by atoms with Gasteiger partial charge in [-0.25, -0.2) is 8.42 Å². The minimum absolute atomic E-state index is 0.191. The number of hydrogen-bond donors (Lipinski definition) is 2. The molecule has 0 saturated heterocycles. The van der Waals surface area contributed by atoms with Crippen molar-refractivity contribution in [3.8, 4) is 11.5 Å². The van der Waals surface area contributed by atoms with Crippen molar-refractivity contribution in [2.24, 2.45) is 0 Å². The maximum absolute atomic E-state index is 12.3. The fourth-order valence-corrected chi connectivity index (χ4v) is 5.27. The number of ether oxygens (including phenoxy) is 2. The molecule has 0 saturated carbocycles. The van der Waals surface area contributed by atoms with Crippen LogP contribution in [0.3, 0.4) is 0 Å². The summed E-state index contributed by atoms with van der Waals surface area (Å²) in [5.74, 6) is 0.984. The molecule has 21 heavy (non-hydrogen) atoms. The molecule has 2 heterocycles. The van der Waals surface area contributed by atoms with Crippen molar-refractivity contribution < 1.29 is 17.9 Å². The van der Waals surface area contributed by atoms with Crippen LogP contribution < -0.4 is 19.9 Å². The average molecular weight is 391 g/mol. The number of benzene rings is 1. The van der Waals surface area contributed by atoms with Gasteiger partial charge in [0.1, 0.15) is 13.2 Å². The third kappa shape index (κ3) is 2.81. The number of fused-ring (bicyclic) bond motifs is 1. The van der Waals surface area contributed by atoms with Gasteiger partial charge in [0, 0.05) is 16.6 Å². The molecule has 6 nitrogen and oxygen atoms in total. The molecular weight excluding hydrogens is 380 g/mol. The Morgan fingerprint density at radius 2 is 1.90 bits per heavy atom. The van der Waals surface area contributed by atoms with Crippen LogP contribution in [-0.2, 0) is 10.0 Å². The zero-order valence-corrected chi connectivity index (χ0v) is 13.8. The molecule has 0 amide bonds. The second kappa shape index (κ2) is 5.39. The fraction of sp³-hybridized carbons (Fsp3) is 0.167. The first-order chi connectivity index (χ1) is 9.97. The number of halogens is 1. The van der Waals surface area contributed by atoms with Crippen molar-refractivity contribution in [2.75, 3.05) is 23.7 Å². The van der Waals surface area contributed by atoms with Crippen molar-refractivity contribution in [2.45, 2.75) is 4.21 Å². The number of anilines is 2. The van der Waals surface area contributed by atoms with Gasteiger partial charge in [0.05, 0.1) is 11.4 Å². The van der Waals surface area contributed by atoms with E-state index < -0.39 is 10.0 Å². The Morgan fingerprint density at radius 1 is 1.24 bits per heavy atom. The van der Waals surface area contributed by atoms with Crippen LogP contribution in [0.15, 0.2) is 32.3 Å². The largest absolute Gasteiger partial charge is 0.486 e. The van der Waals surface area contributed by atoms with E-state index in [4.69, 9.17) is 15.2 Å². The first-order valence-electron chi connectivity index (χ1n) is 5.92. The number of nitrogens with one attached hydrogen (secondary N) is 1. The van der Waals surface area contributed by atoms with Crippen LogP contribution in [0.25, 0.3) is 0 Å². The Bertz CT molecular complexity index is 789. The van der Waals surface area contributed by atoms with Crippen LogP contribution in [0, 0.1) is 0 Å². The van der Waals surface area contributed by atoms with E-state index in [0.717, 1.165) is 11.3 Å². The van der Waals surface area contributed by atoms with E-state index in [1.165, 1.54) is 6.07 Å². The molecule has 3 N–H and O–H groups in total. The second-order valence-electron chi connectivity index (χ2n) is 4.24. The zero-order valence-electron chi connectivity index (χ0n) is 10.6. The Labute approximate surface area is 134 Å². The van der Waals surface area contributed by atoms with Gasteiger partial charge in [0.25, 0.3) is 10.0 Å². The molecule has 0 unspecified atom stereocenters. The average Bonchev–Trinajstić information content (AvgIpc) is 2.86. The van der Waals surface area contributed by atoms with E-state index in [1.54, 1.807) is 17.5 Å². The highest BCUT2D eigenvalue weighted by molar-refractivity contribution is 9.10. The van der Waals surface area contributed by atoms with Crippen LogP contribution in [-0.4, -0.2) is 21.6 Å². The van der Waals surface area contributed by atoms with Gasteiger partial charge in [0.2, 0.25) is 0 Å². The predicted octanol–water partition coefficient (Wildman–Crippen LogP) is 2.66. The molecule has 0 fully saturated rings. The molecule has 1 aromatic carbocycles.